The highest BCUT2D eigenvalue weighted by Gasteiger charge is 2.40. The zero-order valence-electron chi connectivity index (χ0n) is 16.1. The molecule has 7 heteroatoms. The SMILES string of the molecule is O=C1C[C@H]2CC[C@@H](CN1)N2C(=O)c1cnc2c(c1)ncn2CCc1ccccc1. The molecule has 0 radical (unpaired) electrons. The second-order valence-electron chi connectivity index (χ2n) is 7.85. The van der Waals surface area contributed by atoms with E-state index in [9.17, 15) is 9.59 Å². The van der Waals surface area contributed by atoms with Gasteiger partial charge in [-0.2, -0.15) is 0 Å². The van der Waals surface area contributed by atoms with Crippen molar-refractivity contribution in [3.63, 3.8) is 0 Å². The number of carbonyl (C=O) groups excluding carboxylic acids is 2. The first kappa shape index (κ1) is 17.8. The van der Waals surface area contributed by atoms with Gasteiger partial charge in [-0.1, -0.05) is 30.3 Å². The molecule has 2 fully saturated rings. The Balaban J connectivity index is 1.36. The largest absolute Gasteiger partial charge is 0.354 e. The molecule has 0 unspecified atom stereocenters. The number of aromatic nitrogens is 3. The Labute approximate surface area is 168 Å². The van der Waals surface area contributed by atoms with Crippen LogP contribution in [0.15, 0.2) is 48.9 Å². The summed E-state index contributed by atoms with van der Waals surface area (Å²) in [4.78, 5) is 35.9. The maximum Gasteiger partial charge on any atom is 0.256 e. The van der Waals surface area contributed by atoms with Crippen LogP contribution >= 0.6 is 0 Å². The average molecular weight is 389 g/mol. The summed E-state index contributed by atoms with van der Waals surface area (Å²) in [5, 5.41) is 2.91. The minimum absolute atomic E-state index is 0.0193. The first-order chi connectivity index (χ1) is 14.2. The zero-order valence-corrected chi connectivity index (χ0v) is 16.1. The molecule has 7 nitrogen and oxygen atoms in total. The minimum atomic E-state index is -0.0535. The van der Waals surface area contributed by atoms with Gasteiger partial charge in [0.05, 0.1) is 11.9 Å². The van der Waals surface area contributed by atoms with E-state index in [0.29, 0.717) is 18.5 Å². The third kappa shape index (κ3) is 3.37. The van der Waals surface area contributed by atoms with Crippen molar-refractivity contribution in [2.75, 3.05) is 6.54 Å². The Hall–Kier alpha value is -3.22. The van der Waals surface area contributed by atoms with Crippen molar-refractivity contribution >= 4 is 23.0 Å². The maximum absolute atomic E-state index is 13.2. The van der Waals surface area contributed by atoms with Crippen LogP contribution in [0.25, 0.3) is 11.2 Å². The van der Waals surface area contributed by atoms with Crippen LogP contribution in [0.1, 0.15) is 35.2 Å². The molecule has 0 aliphatic carbocycles. The predicted octanol–water partition coefficient (Wildman–Crippen LogP) is 2.17. The summed E-state index contributed by atoms with van der Waals surface area (Å²) in [5.41, 5.74) is 3.31. The number of rotatable bonds is 4. The van der Waals surface area contributed by atoms with Gasteiger partial charge < -0.3 is 14.8 Å². The van der Waals surface area contributed by atoms with Crippen LogP contribution in [0.3, 0.4) is 0 Å². The third-order valence-corrected chi connectivity index (χ3v) is 6.00. The lowest BCUT2D eigenvalue weighted by Crippen LogP contribution is -2.42. The van der Waals surface area contributed by atoms with Crippen molar-refractivity contribution < 1.29 is 9.59 Å². The van der Waals surface area contributed by atoms with Gasteiger partial charge in [-0.05, 0) is 30.9 Å². The van der Waals surface area contributed by atoms with Crippen LogP contribution in [-0.4, -0.2) is 49.9 Å². The zero-order chi connectivity index (χ0) is 19.8. The fraction of sp³-hybridized carbons (Fsp3) is 0.364. The summed E-state index contributed by atoms with van der Waals surface area (Å²) in [5.74, 6) is -0.0250. The number of carbonyl (C=O) groups is 2. The number of pyridine rings is 1. The van der Waals surface area contributed by atoms with Crippen molar-refractivity contribution in [3.05, 3.63) is 60.0 Å². The van der Waals surface area contributed by atoms with Crippen LogP contribution in [0.5, 0.6) is 0 Å². The molecular weight excluding hydrogens is 366 g/mol. The van der Waals surface area contributed by atoms with Crippen molar-refractivity contribution in [1.82, 2.24) is 24.8 Å². The summed E-state index contributed by atoms with van der Waals surface area (Å²) in [6.45, 7) is 1.32. The van der Waals surface area contributed by atoms with Gasteiger partial charge in [-0.3, -0.25) is 9.59 Å². The summed E-state index contributed by atoms with van der Waals surface area (Å²) in [6, 6.07) is 12.2. The third-order valence-electron chi connectivity index (χ3n) is 6.00. The molecule has 2 saturated heterocycles. The normalized spacial score (nSPS) is 21.2. The second-order valence-corrected chi connectivity index (χ2v) is 7.85. The molecule has 0 saturated carbocycles. The molecule has 4 heterocycles. The van der Waals surface area contributed by atoms with E-state index in [4.69, 9.17) is 0 Å². The molecule has 2 aliphatic rings. The van der Waals surface area contributed by atoms with E-state index in [1.54, 1.807) is 12.5 Å². The summed E-state index contributed by atoms with van der Waals surface area (Å²) < 4.78 is 2.02. The number of imidazole rings is 1. The van der Waals surface area contributed by atoms with Gasteiger partial charge in [0.15, 0.2) is 5.65 Å². The van der Waals surface area contributed by atoms with Crippen molar-refractivity contribution in [3.8, 4) is 0 Å². The van der Waals surface area contributed by atoms with E-state index in [2.05, 4.69) is 27.4 Å². The lowest BCUT2D eigenvalue weighted by Gasteiger charge is -2.27. The average Bonchev–Trinajstić information content (AvgIpc) is 3.29. The van der Waals surface area contributed by atoms with E-state index in [-0.39, 0.29) is 23.9 Å². The summed E-state index contributed by atoms with van der Waals surface area (Å²) in [6.07, 6.45) is 6.52. The molecule has 2 aliphatic heterocycles. The lowest BCUT2D eigenvalue weighted by atomic mass is 10.1. The molecule has 5 rings (SSSR count). The number of aryl methyl sites for hydroxylation is 2. The number of nitrogens with zero attached hydrogens (tertiary/aromatic N) is 4. The summed E-state index contributed by atoms with van der Waals surface area (Å²) >= 11 is 0. The first-order valence-electron chi connectivity index (χ1n) is 10.1. The minimum Gasteiger partial charge on any atom is -0.354 e. The maximum atomic E-state index is 13.2. The van der Waals surface area contributed by atoms with Crippen molar-refractivity contribution in [1.29, 1.82) is 0 Å². The fourth-order valence-electron chi connectivity index (χ4n) is 4.48. The molecule has 3 aromatic rings. The van der Waals surface area contributed by atoms with E-state index < -0.39 is 0 Å². The van der Waals surface area contributed by atoms with Gasteiger partial charge in [0.1, 0.15) is 5.52 Å². The summed E-state index contributed by atoms with van der Waals surface area (Å²) in [7, 11) is 0. The van der Waals surface area contributed by atoms with Gasteiger partial charge in [0, 0.05) is 37.8 Å². The highest BCUT2D eigenvalue weighted by atomic mass is 16.2. The van der Waals surface area contributed by atoms with Crippen LogP contribution in [0.2, 0.25) is 0 Å². The fourth-order valence-corrected chi connectivity index (χ4v) is 4.48. The van der Waals surface area contributed by atoms with E-state index >= 15 is 0 Å². The molecule has 2 bridgehead atoms. The number of hydrogen-bond acceptors (Lipinski definition) is 4. The smallest absolute Gasteiger partial charge is 0.256 e. The Morgan fingerprint density at radius 2 is 1.97 bits per heavy atom. The molecule has 2 aromatic heterocycles. The van der Waals surface area contributed by atoms with Crippen LogP contribution in [0.4, 0.5) is 0 Å². The Bertz CT molecular complexity index is 1060. The number of fused-ring (bicyclic) bond motifs is 3. The highest BCUT2D eigenvalue weighted by Crippen LogP contribution is 2.30. The highest BCUT2D eigenvalue weighted by molar-refractivity contribution is 5.97. The van der Waals surface area contributed by atoms with Gasteiger partial charge in [0.2, 0.25) is 5.91 Å². The molecule has 2 amide bonds. The Kier molecular flexibility index (Phi) is 4.50. The van der Waals surface area contributed by atoms with E-state index in [1.807, 2.05) is 33.7 Å². The molecule has 0 spiro atoms. The van der Waals surface area contributed by atoms with Crippen LogP contribution < -0.4 is 5.32 Å². The van der Waals surface area contributed by atoms with Crippen LogP contribution in [-0.2, 0) is 17.8 Å². The predicted molar refractivity (Wildman–Crippen MR) is 108 cm³/mol. The van der Waals surface area contributed by atoms with Gasteiger partial charge in [-0.15, -0.1) is 0 Å². The Morgan fingerprint density at radius 1 is 1.14 bits per heavy atom. The Morgan fingerprint density at radius 3 is 2.83 bits per heavy atom. The molecule has 29 heavy (non-hydrogen) atoms. The number of benzene rings is 1. The van der Waals surface area contributed by atoms with Crippen LogP contribution in [0, 0.1) is 0 Å². The van der Waals surface area contributed by atoms with Crippen molar-refractivity contribution in [2.45, 2.75) is 44.3 Å². The quantitative estimate of drug-likeness (QED) is 0.742. The van der Waals surface area contributed by atoms with Gasteiger partial charge in [-0.25, -0.2) is 9.97 Å². The van der Waals surface area contributed by atoms with Gasteiger partial charge >= 0.3 is 0 Å². The second kappa shape index (κ2) is 7.31. The van der Waals surface area contributed by atoms with Crippen molar-refractivity contribution in [2.24, 2.45) is 0 Å². The molecule has 1 N–H and O–H groups in total. The topological polar surface area (TPSA) is 80.1 Å². The molecule has 148 valence electrons. The monoisotopic (exact) mass is 389 g/mol. The molecule has 1 aromatic carbocycles. The standard InChI is InChI=1S/C22H23N5O2/c28-20-11-17-6-7-18(13-23-20)27(17)22(29)16-10-19-21(24-12-16)26(14-25-19)9-8-15-4-2-1-3-5-15/h1-5,10,12,14,17-18H,6-9,11,13H2,(H,23,28)/t17-,18+/m1/s1. The lowest BCUT2D eigenvalue weighted by molar-refractivity contribution is -0.121. The first-order valence-corrected chi connectivity index (χ1v) is 10.1. The number of hydrogen-bond donors (Lipinski definition) is 1. The van der Waals surface area contributed by atoms with E-state index in [1.165, 1.54) is 5.56 Å². The molecular formula is C22H23N5O2. The number of nitrogens with one attached hydrogen (secondary N) is 1. The number of amides is 2. The van der Waals surface area contributed by atoms with Gasteiger partial charge in [0.25, 0.3) is 5.91 Å². The van der Waals surface area contributed by atoms with E-state index in [0.717, 1.165) is 37.0 Å². The molecule has 2 atom stereocenters.